The average Bonchev–Trinajstić information content (AvgIpc) is 2.41. The highest BCUT2D eigenvalue weighted by Gasteiger charge is 2.28. The first-order valence-electron chi connectivity index (χ1n) is 6.51. The molecule has 0 aromatic heterocycles. The number of anilines is 1. The highest BCUT2D eigenvalue weighted by Crippen LogP contribution is 2.48. The summed E-state index contributed by atoms with van der Waals surface area (Å²) in [6.45, 7) is 3.89. The second kappa shape index (κ2) is 7.80. The maximum Gasteiger partial charge on any atom is 0.349 e. The number of carbonyl (C=O) groups is 1. The molecule has 0 atom stereocenters. The first-order chi connectivity index (χ1) is 9.83. The van der Waals surface area contributed by atoms with Gasteiger partial charge >= 0.3 is 7.60 Å². The molecular formula is C13H20ClN2O4P. The smallest absolute Gasteiger partial charge is 0.349 e. The minimum absolute atomic E-state index is 0.153. The van der Waals surface area contributed by atoms with Crippen LogP contribution in [-0.2, 0) is 13.6 Å². The molecule has 2 N–H and O–H groups in total. The predicted molar refractivity (Wildman–Crippen MR) is 83.7 cm³/mol. The van der Waals surface area contributed by atoms with E-state index in [0.29, 0.717) is 10.7 Å². The molecule has 1 aromatic carbocycles. The van der Waals surface area contributed by atoms with Gasteiger partial charge in [-0.3, -0.25) is 9.36 Å². The Hall–Kier alpha value is -1.07. The molecule has 0 saturated carbocycles. The molecule has 0 bridgehead atoms. The van der Waals surface area contributed by atoms with Crippen molar-refractivity contribution in [2.45, 2.75) is 13.8 Å². The second-order valence-corrected chi connectivity index (χ2v) is 6.78. The van der Waals surface area contributed by atoms with E-state index < -0.39 is 13.5 Å². The summed E-state index contributed by atoms with van der Waals surface area (Å²) in [6.07, 6.45) is -0.153. The van der Waals surface area contributed by atoms with Crippen molar-refractivity contribution >= 4 is 30.8 Å². The molecular weight excluding hydrogens is 315 g/mol. The largest absolute Gasteiger partial charge is 0.398 e. The van der Waals surface area contributed by atoms with Gasteiger partial charge in [0.05, 0.1) is 18.8 Å². The van der Waals surface area contributed by atoms with Crippen LogP contribution in [-0.4, -0.2) is 37.4 Å². The zero-order valence-corrected chi connectivity index (χ0v) is 14.0. The van der Waals surface area contributed by atoms with Crippen molar-refractivity contribution in [2.24, 2.45) is 0 Å². The van der Waals surface area contributed by atoms with Gasteiger partial charge in [0, 0.05) is 17.8 Å². The molecule has 118 valence electrons. The van der Waals surface area contributed by atoms with Crippen LogP contribution in [0.3, 0.4) is 0 Å². The molecule has 1 amide bonds. The number of rotatable bonds is 7. The number of amides is 1. The Morgan fingerprint density at radius 2 is 1.90 bits per heavy atom. The normalized spacial score (nSPS) is 11.4. The lowest BCUT2D eigenvalue weighted by atomic mass is 10.1. The SMILES string of the molecule is CCOP(=O)(CN(C)C(=O)c1cc(Cl)ccc1N)OCC. The third-order valence-electron chi connectivity index (χ3n) is 2.63. The number of nitrogens with zero attached hydrogens (tertiary/aromatic N) is 1. The molecule has 1 rings (SSSR count). The Kier molecular flexibility index (Phi) is 6.68. The van der Waals surface area contributed by atoms with Gasteiger partial charge in [0.2, 0.25) is 0 Å². The van der Waals surface area contributed by atoms with Gasteiger partial charge in [0.25, 0.3) is 5.91 Å². The first kappa shape index (κ1) is 18.0. The van der Waals surface area contributed by atoms with Crippen LogP contribution in [0.1, 0.15) is 24.2 Å². The summed E-state index contributed by atoms with van der Waals surface area (Å²) in [6, 6.07) is 4.62. The van der Waals surface area contributed by atoms with Crippen molar-refractivity contribution in [3.8, 4) is 0 Å². The molecule has 0 unspecified atom stereocenters. The Morgan fingerprint density at radius 3 is 2.43 bits per heavy atom. The van der Waals surface area contributed by atoms with E-state index in [2.05, 4.69) is 0 Å². The Bertz CT molecular complexity index is 543. The van der Waals surface area contributed by atoms with E-state index in [1.54, 1.807) is 26.0 Å². The predicted octanol–water partition coefficient (Wildman–Crippen LogP) is 3.22. The summed E-state index contributed by atoms with van der Waals surface area (Å²) in [4.78, 5) is 13.6. The Balaban J connectivity index is 2.91. The third kappa shape index (κ3) is 5.00. The first-order valence-corrected chi connectivity index (χ1v) is 8.62. The van der Waals surface area contributed by atoms with Crippen molar-refractivity contribution in [1.29, 1.82) is 0 Å². The maximum atomic E-state index is 12.4. The summed E-state index contributed by atoms with van der Waals surface area (Å²) in [7, 11) is -1.84. The molecule has 6 nitrogen and oxygen atoms in total. The van der Waals surface area contributed by atoms with Crippen LogP contribution in [0.15, 0.2) is 18.2 Å². The van der Waals surface area contributed by atoms with Crippen LogP contribution in [0.4, 0.5) is 5.69 Å². The number of carbonyl (C=O) groups excluding carboxylic acids is 1. The zero-order chi connectivity index (χ0) is 16.0. The lowest BCUT2D eigenvalue weighted by Crippen LogP contribution is -2.29. The minimum Gasteiger partial charge on any atom is -0.398 e. The van der Waals surface area contributed by atoms with Crippen LogP contribution in [0, 0.1) is 0 Å². The Labute approximate surface area is 129 Å². The molecule has 0 spiro atoms. The quantitative estimate of drug-likeness (QED) is 0.611. The van der Waals surface area contributed by atoms with E-state index in [0.717, 1.165) is 0 Å². The van der Waals surface area contributed by atoms with Gasteiger partial charge in [-0.05, 0) is 32.0 Å². The van der Waals surface area contributed by atoms with Crippen LogP contribution in [0.5, 0.6) is 0 Å². The lowest BCUT2D eigenvalue weighted by molar-refractivity contribution is 0.0802. The molecule has 0 saturated heterocycles. The van der Waals surface area contributed by atoms with E-state index in [1.165, 1.54) is 18.0 Å². The van der Waals surface area contributed by atoms with Crippen molar-refractivity contribution in [3.63, 3.8) is 0 Å². The van der Waals surface area contributed by atoms with Crippen molar-refractivity contribution in [3.05, 3.63) is 28.8 Å². The van der Waals surface area contributed by atoms with Crippen molar-refractivity contribution in [2.75, 3.05) is 32.3 Å². The van der Waals surface area contributed by atoms with E-state index in [-0.39, 0.29) is 25.1 Å². The average molecular weight is 335 g/mol. The molecule has 1 aromatic rings. The molecule has 21 heavy (non-hydrogen) atoms. The molecule has 0 aliphatic carbocycles. The topological polar surface area (TPSA) is 81.9 Å². The summed E-state index contributed by atoms with van der Waals surface area (Å²) < 4.78 is 22.7. The van der Waals surface area contributed by atoms with Gasteiger partial charge in [-0.2, -0.15) is 0 Å². The Morgan fingerprint density at radius 1 is 1.33 bits per heavy atom. The van der Waals surface area contributed by atoms with Crippen LogP contribution in [0.25, 0.3) is 0 Å². The fraction of sp³-hybridized carbons (Fsp3) is 0.462. The summed E-state index contributed by atoms with van der Waals surface area (Å²) in [5.74, 6) is -0.394. The van der Waals surface area contributed by atoms with Gasteiger partial charge in [-0.25, -0.2) is 0 Å². The molecule has 0 fully saturated rings. The van der Waals surface area contributed by atoms with Gasteiger partial charge < -0.3 is 19.7 Å². The number of benzene rings is 1. The summed E-state index contributed by atoms with van der Waals surface area (Å²) in [5, 5.41) is 0.402. The van der Waals surface area contributed by atoms with Crippen LogP contribution in [0.2, 0.25) is 5.02 Å². The highest BCUT2D eigenvalue weighted by molar-refractivity contribution is 7.53. The maximum absolute atomic E-state index is 12.4. The van der Waals surface area contributed by atoms with Crippen molar-refractivity contribution < 1.29 is 18.4 Å². The van der Waals surface area contributed by atoms with Crippen molar-refractivity contribution in [1.82, 2.24) is 4.90 Å². The van der Waals surface area contributed by atoms with E-state index in [9.17, 15) is 9.36 Å². The van der Waals surface area contributed by atoms with Gasteiger partial charge in [-0.1, -0.05) is 11.6 Å². The van der Waals surface area contributed by atoms with E-state index in [1.807, 2.05) is 0 Å². The molecule has 0 aliphatic heterocycles. The number of halogens is 1. The standard InChI is InChI=1S/C13H20ClN2O4P/c1-4-19-21(18,20-5-2)9-16(3)13(17)11-8-10(14)6-7-12(11)15/h6-8H,4-5,9,15H2,1-3H3. The third-order valence-corrected chi connectivity index (χ3v) is 4.94. The monoisotopic (exact) mass is 334 g/mol. The molecule has 0 radical (unpaired) electrons. The number of nitrogens with two attached hydrogens (primary N) is 1. The minimum atomic E-state index is -3.35. The summed E-state index contributed by atoms with van der Waals surface area (Å²) in [5.41, 5.74) is 6.33. The van der Waals surface area contributed by atoms with E-state index in [4.69, 9.17) is 26.4 Å². The molecule has 0 aliphatic rings. The molecule has 0 heterocycles. The highest BCUT2D eigenvalue weighted by atomic mass is 35.5. The summed E-state index contributed by atoms with van der Waals surface area (Å²) >= 11 is 5.87. The molecule has 8 heteroatoms. The van der Waals surface area contributed by atoms with Gasteiger partial charge in [-0.15, -0.1) is 0 Å². The fourth-order valence-corrected chi connectivity index (χ4v) is 3.60. The van der Waals surface area contributed by atoms with Crippen LogP contribution < -0.4 is 5.73 Å². The van der Waals surface area contributed by atoms with Gasteiger partial charge in [0.15, 0.2) is 0 Å². The fourth-order valence-electron chi connectivity index (χ4n) is 1.76. The number of hydrogen-bond donors (Lipinski definition) is 1. The van der Waals surface area contributed by atoms with Gasteiger partial charge in [0.1, 0.15) is 6.29 Å². The van der Waals surface area contributed by atoms with Crippen LogP contribution >= 0.6 is 19.2 Å². The lowest BCUT2D eigenvalue weighted by Gasteiger charge is -2.24. The number of hydrogen-bond acceptors (Lipinski definition) is 5. The second-order valence-electron chi connectivity index (χ2n) is 4.32. The van der Waals surface area contributed by atoms with E-state index >= 15 is 0 Å². The zero-order valence-electron chi connectivity index (χ0n) is 12.3. The number of nitrogen functional groups attached to an aromatic ring is 1.